The average molecular weight is 306 g/mol. The van der Waals surface area contributed by atoms with E-state index in [0.717, 1.165) is 30.5 Å². The maximum absolute atomic E-state index is 4.75. The molecule has 0 spiro atoms. The number of aromatic nitrogens is 2. The van der Waals surface area contributed by atoms with Crippen molar-refractivity contribution < 1.29 is 0 Å². The molecule has 2 unspecified atom stereocenters. The monoisotopic (exact) mass is 306 g/mol. The Bertz CT molecular complexity index is 545. The molecule has 2 atom stereocenters. The lowest BCUT2D eigenvalue weighted by atomic mass is 9.98. The maximum Gasteiger partial charge on any atom is 0.193 e. The summed E-state index contributed by atoms with van der Waals surface area (Å²) in [5.41, 5.74) is 1.20. The summed E-state index contributed by atoms with van der Waals surface area (Å²) in [6, 6.07) is 1.25. The lowest BCUT2D eigenvalue weighted by Gasteiger charge is -2.40. The fourth-order valence-corrected chi connectivity index (χ4v) is 3.95. The highest BCUT2D eigenvalue weighted by molar-refractivity contribution is 7.15. The van der Waals surface area contributed by atoms with Gasteiger partial charge < -0.3 is 5.32 Å². The van der Waals surface area contributed by atoms with Crippen molar-refractivity contribution in [1.82, 2.24) is 19.6 Å². The van der Waals surface area contributed by atoms with Crippen molar-refractivity contribution in [3.63, 3.8) is 0 Å². The summed E-state index contributed by atoms with van der Waals surface area (Å²) in [4.78, 5) is 8.49. The molecule has 2 aromatic rings. The Morgan fingerprint density at radius 1 is 1.48 bits per heavy atom. The summed E-state index contributed by atoms with van der Waals surface area (Å²) in [5, 5.41) is 5.79. The van der Waals surface area contributed by atoms with Crippen molar-refractivity contribution in [1.29, 1.82) is 0 Å². The highest BCUT2D eigenvalue weighted by atomic mass is 32.1. The zero-order valence-corrected chi connectivity index (χ0v) is 14.1. The van der Waals surface area contributed by atoms with Crippen molar-refractivity contribution in [3.05, 3.63) is 23.5 Å². The van der Waals surface area contributed by atoms with Crippen LogP contribution < -0.4 is 5.32 Å². The van der Waals surface area contributed by atoms with Crippen LogP contribution in [0.3, 0.4) is 0 Å². The van der Waals surface area contributed by atoms with E-state index in [4.69, 9.17) is 4.98 Å². The first-order chi connectivity index (χ1) is 10.2. The van der Waals surface area contributed by atoms with Crippen LogP contribution in [0.4, 0.5) is 0 Å². The Morgan fingerprint density at radius 3 is 3.05 bits per heavy atom. The van der Waals surface area contributed by atoms with Crippen molar-refractivity contribution >= 4 is 16.3 Å². The molecule has 0 aromatic carbocycles. The van der Waals surface area contributed by atoms with E-state index < -0.39 is 0 Å². The van der Waals surface area contributed by atoms with Gasteiger partial charge in [-0.2, -0.15) is 0 Å². The largest absolute Gasteiger partial charge is 0.311 e. The van der Waals surface area contributed by atoms with E-state index in [1.807, 2.05) is 0 Å². The number of piperazine rings is 1. The predicted octanol–water partition coefficient (Wildman–Crippen LogP) is 2.99. The Kier molecular flexibility index (Phi) is 4.62. The second kappa shape index (κ2) is 6.46. The summed E-state index contributed by atoms with van der Waals surface area (Å²) in [7, 11) is 0. The SMILES string of the molecule is CCC1CN(Cc2cn3ccsc3n2)C(CC(C)C)CN1. The minimum atomic E-state index is 0.622. The third-order valence-electron chi connectivity index (χ3n) is 4.36. The van der Waals surface area contributed by atoms with Crippen molar-refractivity contribution in [2.24, 2.45) is 5.92 Å². The first-order valence-electron chi connectivity index (χ1n) is 8.04. The summed E-state index contributed by atoms with van der Waals surface area (Å²) in [6.07, 6.45) is 6.73. The highest BCUT2D eigenvalue weighted by Gasteiger charge is 2.28. The van der Waals surface area contributed by atoms with E-state index in [-0.39, 0.29) is 0 Å². The van der Waals surface area contributed by atoms with E-state index >= 15 is 0 Å². The van der Waals surface area contributed by atoms with Gasteiger partial charge in [0.05, 0.1) is 5.69 Å². The van der Waals surface area contributed by atoms with Crippen LogP contribution in [-0.2, 0) is 6.54 Å². The molecule has 3 rings (SSSR count). The predicted molar refractivity (Wildman–Crippen MR) is 88.8 cm³/mol. The van der Waals surface area contributed by atoms with E-state index in [2.05, 4.69) is 53.2 Å². The Balaban J connectivity index is 1.72. The molecule has 1 saturated heterocycles. The number of hydrogen-bond acceptors (Lipinski definition) is 4. The molecule has 0 saturated carbocycles. The van der Waals surface area contributed by atoms with Gasteiger partial charge in [-0.25, -0.2) is 4.98 Å². The molecule has 0 aliphatic carbocycles. The number of hydrogen-bond donors (Lipinski definition) is 1. The summed E-state index contributed by atoms with van der Waals surface area (Å²) >= 11 is 1.71. The van der Waals surface area contributed by atoms with Gasteiger partial charge >= 0.3 is 0 Å². The average Bonchev–Trinajstić information content (AvgIpc) is 3.01. The normalized spacial score (nSPS) is 24.2. The Hall–Kier alpha value is -0.910. The van der Waals surface area contributed by atoms with Gasteiger partial charge in [-0.15, -0.1) is 11.3 Å². The van der Waals surface area contributed by atoms with Crippen LogP contribution in [0, 0.1) is 5.92 Å². The summed E-state index contributed by atoms with van der Waals surface area (Å²) in [5.74, 6) is 0.739. The standard InChI is InChI=1S/C16H26N4S/c1-4-13-9-20(15(8-17-13)7-12(2)3)11-14-10-19-5-6-21-16(19)18-14/h5-6,10,12-13,15,17H,4,7-9,11H2,1-3H3. The third kappa shape index (κ3) is 3.47. The molecule has 1 fully saturated rings. The Labute approximate surface area is 131 Å². The lowest BCUT2D eigenvalue weighted by molar-refractivity contribution is 0.104. The molecule has 2 aromatic heterocycles. The number of imidazole rings is 1. The number of fused-ring (bicyclic) bond motifs is 1. The minimum absolute atomic E-state index is 0.622. The van der Waals surface area contributed by atoms with Crippen LogP contribution in [-0.4, -0.2) is 39.5 Å². The number of nitrogens with one attached hydrogen (secondary N) is 1. The Morgan fingerprint density at radius 2 is 2.33 bits per heavy atom. The molecule has 1 aliphatic heterocycles. The molecule has 1 N–H and O–H groups in total. The highest BCUT2D eigenvalue weighted by Crippen LogP contribution is 2.20. The number of nitrogens with zero attached hydrogens (tertiary/aromatic N) is 3. The van der Waals surface area contributed by atoms with Crippen molar-refractivity contribution in [2.45, 2.75) is 52.2 Å². The maximum atomic E-state index is 4.75. The summed E-state index contributed by atoms with van der Waals surface area (Å²) < 4.78 is 2.14. The molecule has 116 valence electrons. The molecule has 0 radical (unpaired) electrons. The van der Waals surface area contributed by atoms with Gasteiger partial charge in [-0.05, 0) is 18.8 Å². The zero-order valence-electron chi connectivity index (χ0n) is 13.2. The quantitative estimate of drug-likeness (QED) is 0.922. The van der Waals surface area contributed by atoms with Crippen LogP contribution in [0.25, 0.3) is 4.96 Å². The molecular weight excluding hydrogens is 280 g/mol. The second-order valence-corrected chi connectivity index (χ2v) is 7.42. The van der Waals surface area contributed by atoms with Gasteiger partial charge in [0.2, 0.25) is 0 Å². The molecule has 5 heteroatoms. The lowest BCUT2D eigenvalue weighted by Crippen LogP contribution is -2.56. The van der Waals surface area contributed by atoms with Crippen LogP contribution in [0.15, 0.2) is 17.8 Å². The van der Waals surface area contributed by atoms with Crippen molar-refractivity contribution in [2.75, 3.05) is 13.1 Å². The van der Waals surface area contributed by atoms with Crippen LogP contribution >= 0.6 is 11.3 Å². The van der Waals surface area contributed by atoms with E-state index in [1.54, 1.807) is 11.3 Å². The third-order valence-corrected chi connectivity index (χ3v) is 5.13. The molecule has 0 bridgehead atoms. The zero-order chi connectivity index (χ0) is 14.8. The van der Waals surface area contributed by atoms with Gasteiger partial charge in [-0.1, -0.05) is 20.8 Å². The second-order valence-electron chi connectivity index (χ2n) is 6.55. The first-order valence-corrected chi connectivity index (χ1v) is 8.92. The molecule has 1 aliphatic rings. The van der Waals surface area contributed by atoms with E-state index in [0.29, 0.717) is 12.1 Å². The summed E-state index contributed by atoms with van der Waals surface area (Å²) in [6.45, 7) is 10.1. The van der Waals surface area contributed by atoms with Crippen LogP contribution in [0.2, 0.25) is 0 Å². The molecule has 21 heavy (non-hydrogen) atoms. The number of rotatable bonds is 5. The van der Waals surface area contributed by atoms with Gasteiger partial charge in [0, 0.05) is 49.5 Å². The van der Waals surface area contributed by atoms with Gasteiger partial charge in [-0.3, -0.25) is 9.30 Å². The fraction of sp³-hybridized carbons (Fsp3) is 0.688. The van der Waals surface area contributed by atoms with E-state index in [1.165, 1.54) is 18.5 Å². The van der Waals surface area contributed by atoms with Crippen molar-refractivity contribution in [3.8, 4) is 0 Å². The van der Waals surface area contributed by atoms with Gasteiger partial charge in [0.25, 0.3) is 0 Å². The molecule has 0 amide bonds. The fourth-order valence-electron chi connectivity index (χ4n) is 3.23. The minimum Gasteiger partial charge on any atom is -0.311 e. The topological polar surface area (TPSA) is 32.6 Å². The van der Waals surface area contributed by atoms with Crippen LogP contribution in [0.5, 0.6) is 0 Å². The van der Waals surface area contributed by atoms with E-state index in [9.17, 15) is 0 Å². The molecule has 4 nitrogen and oxygen atoms in total. The first kappa shape index (κ1) is 15.0. The molecule has 3 heterocycles. The van der Waals surface area contributed by atoms with Crippen LogP contribution in [0.1, 0.15) is 39.3 Å². The smallest absolute Gasteiger partial charge is 0.193 e. The number of thiazole rings is 1. The molecular formula is C16H26N4S. The van der Waals surface area contributed by atoms with Gasteiger partial charge in [0.15, 0.2) is 4.96 Å². The van der Waals surface area contributed by atoms with Gasteiger partial charge in [0.1, 0.15) is 0 Å².